The molecule has 0 aliphatic heterocycles. The minimum absolute atomic E-state index is 0.439. The van der Waals surface area contributed by atoms with Gasteiger partial charge >= 0.3 is 0 Å². The van der Waals surface area contributed by atoms with E-state index < -0.39 is 15.4 Å². The topological polar surface area (TPSA) is 54.4 Å². The highest BCUT2D eigenvalue weighted by atomic mass is 35.5. The lowest BCUT2D eigenvalue weighted by molar-refractivity contribution is 0.475. The molecule has 2 aromatic carbocycles. The molecule has 0 amide bonds. The molecule has 0 aromatic heterocycles. The normalized spacial score (nSPS) is 11.8. The smallest absolute Gasteiger partial charge is 0.276 e. The van der Waals surface area contributed by atoms with Gasteiger partial charge in [0.2, 0.25) is 0 Å². The van der Waals surface area contributed by atoms with Gasteiger partial charge in [-0.25, -0.2) is 0 Å². The van der Waals surface area contributed by atoms with Crippen molar-refractivity contribution in [1.29, 1.82) is 0 Å². The highest BCUT2D eigenvalue weighted by molar-refractivity contribution is 7.86. The Morgan fingerprint density at radius 2 is 1.11 bits per heavy atom. The van der Waals surface area contributed by atoms with Crippen molar-refractivity contribution in [2.45, 2.75) is 5.25 Å². The lowest BCUT2D eigenvalue weighted by Gasteiger charge is -2.15. The molecule has 6 heteroatoms. The Bertz CT molecular complexity index is 619. The van der Waals surface area contributed by atoms with Gasteiger partial charge in [0.15, 0.2) is 0 Å². The first-order valence-electron chi connectivity index (χ1n) is 5.35. The Kier molecular flexibility index (Phi) is 4.16. The van der Waals surface area contributed by atoms with Crippen LogP contribution in [0.4, 0.5) is 0 Å². The molecule has 0 saturated carbocycles. The van der Waals surface area contributed by atoms with Crippen LogP contribution in [0.3, 0.4) is 0 Å². The number of rotatable bonds is 3. The molecule has 0 bridgehead atoms. The van der Waals surface area contributed by atoms with E-state index in [9.17, 15) is 13.0 Å². The van der Waals surface area contributed by atoms with E-state index in [1.807, 2.05) is 0 Å². The van der Waals surface area contributed by atoms with Crippen LogP contribution in [0.25, 0.3) is 0 Å². The van der Waals surface area contributed by atoms with Crippen LogP contribution in [0.15, 0.2) is 48.5 Å². The Labute approximate surface area is 121 Å². The van der Waals surface area contributed by atoms with Crippen molar-refractivity contribution >= 4 is 33.3 Å². The zero-order chi connectivity index (χ0) is 14.0. The number of hydrogen-bond acceptors (Lipinski definition) is 2. The molecule has 0 heterocycles. The van der Waals surface area contributed by atoms with Crippen molar-refractivity contribution in [3.8, 4) is 0 Å². The van der Waals surface area contributed by atoms with Crippen LogP contribution >= 0.6 is 23.2 Å². The first kappa shape index (κ1) is 14.3. The van der Waals surface area contributed by atoms with Gasteiger partial charge in [-0.3, -0.25) is 4.55 Å². The van der Waals surface area contributed by atoms with Gasteiger partial charge in [-0.1, -0.05) is 47.5 Å². The van der Waals surface area contributed by atoms with Crippen LogP contribution in [-0.2, 0) is 10.1 Å². The Hall–Kier alpha value is -1.07. The zero-order valence-electron chi connectivity index (χ0n) is 9.62. The van der Waals surface area contributed by atoms with Crippen LogP contribution in [-0.4, -0.2) is 13.0 Å². The fourth-order valence-electron chi connectivity index (χ4n) is 1.81. The standard InChI is InChI=1S/C13H10Cl2O3S/c14-11-5-1-9(2-6-11)13(19(16,17)18)10-3-7-12(15)8-4-10/h1-8,13H,(H,16,17,18). The molecule has 19 heavy (non-hydrogen) atoms. The molecular formula is C13H10Cl2O3S. The molecule has 0 fully saturated rings. The van der Waals surface area contributed by atoms with E-state index in [1.54, 1.807) is 48.5 Å². The van der Waals surface area contributed by atoms with Gasteiger partial charge in [-0.05, 0) is 35.4 Å². The number of halogens is 2. The SMILES string of the molecule is O=S(=O)(O)C(c1ccc(Cl)cc1)c1ccc(Cl)cc1. The van der Waals surface area contributed by atoms with E-state index in [0.717, 1.165) is 0 Å². The zero-order valence-corrected chi connectivity index (χ0v) is 12.0. The predicted molar refractivity (Wildman–Crippen MR) is 76.3 cm³/mol. The highest BCUT2D eigenvalue weighted by Crippen LogP contribution is 2.31. The summed E-state index contributed by atoms with van der Waals surface area (Å²) in [5.41, 5.74) is 0.878. The van der Waals surface area contributed by atoms with Crippen LogP contribution in [0.1, 0.15) is 16.4 Å². The summed E-state index contributed by atoms with van der Waals surface area (Å²) in [6.07, 6.45) is 0. The van der Waals surface area contributed by atoms with Crippen molar-refractivity contribution in [1.82, 2.24) is 0 Å². The van der Waals surface area contributed by atoms with Crippen molar-refractivity contribution in [2.24, 2.45) is 0 Å². The number of hydrogen-bond donors (Lipinski definition) is 1. The third-order valence-electron chi connectivity index (χ3n) is 2.64. The summed E-state index contributed by atoms with van der Waals surface area (Å²) in [7, 11) is -4.28. The van der Waals surface area contributed by atoms with Crippen molar-refractivity contribution in [3.05, 3.63) is 69.7 Å². The van der Waals surface area contributed by atoms with Crippen molar-refractivity contribution < 1.29 is 13.0 Å². The van der Waals surface area contributed by atoms with Gasteiger partial charge in [0.05, 0.1) is 0 Å². The van der Waals surface area contributed by atoms with Gasteiger partial charge in [-0.2, -0.15) is 8.42 Å². The average Bonchev–Trinajstić information content (AvgIpc) is 2.33. The molecule has 0 unspecified atom stereocenters. The first-order chi connectivity index (χ1) is 8.88. The molecule has 100 valence electrons. The van der Waals surface area contributed by atoms with Crippen LogP contribution in [0, 0.1) is 0 Å². The van der Waals surface area contributed by atoms with E-state index in [-0.39, 0.29) is 0 Å². The minimum Gasteiger partial charge on any atom is -0.285 e. The summed E-state index contributed by atoms with van der Waals surface area (Å²) in [5, 5.41) is -0.162. The molecule has 0 atom stereocenters. The molecule has 0 radical (unpaired) electrons. The second-order valence-corrected chi connectivity index (χ2v) is 6.37. The van der Waals surface area contributed by atoms with Crippen LogP contribution in [0.5, 0.6) is 0 Å². The van der Waals surface area contributed by atoms with Gasteiger partial charge in [-0.15, -0.1) is 0 Å². The molecule has 1 N–H and O–H groups in total. The lowest BCUT2D eigenvalue weighted by atomic mass is 10.0. The molecule has 2 rings (SSSR count). The van der Waals surface area contributed by atoms with E-state index in [1.165, 1.54) is 0 Å². The van der Waals surface area contributed by atoms with E-state index >= 15 is 0 Å². The molecule has 3 nitrogen and oxygen atoms in total. The summed E-state index contributed by atoms with van der Waals surface area (Å²) in [6, 6.07) is 12.6. The molecule has 0 aliphatic rings. The maximum absolute atomic E-state index is 11.6. The summed E-state index contributed by atoms with van der Waals surface area (Å²) >= 11 is 11.5. The monoisotopic (exact) mass is 316 g/mol. The van der Waals surface area contributed by atoms with Gasteiger partial charge < -0.3 is 0 Å². The molecule has 0 saturated heterocycles. The largest absolute Gasteiger partial charge is 0.285 e. The second kappa shape index (κ2) is 5.51. The van der Waals surface area contributed by atoms with Gasteiger partial charge in [0.25, 0.3) is 10.1 Å². The summed E-state index contributed by atoms with van der Waals surface area (Å²) in [4.78, 5) is 0. The van der Waals surface area contributed by atoms with E-state index in [2.05, 4.69) is 0 Å². The molecule has 0 spiro atoms. The Morgan fingerprint density at radius 3 is 1.37 bits per heavy atom. The van der Waals surface area contributed by atoms with E-state index in [0.29, 0.717) is 21.2 Å². The summed E-state index contributed by atoms with van der Waals surface area (Å²) in [6.45, 7) is 0. The van der Waals surface area contributed by atoms with Crippen LogP contribution < -0.4 is 0 Å². The third-order valence-corrected chi connectivity index (χ3v) is 4.29. The highest BCUT2D eigenvalue weighted by Gasteiger charge is 2.26. The number of benzene rings is 2. The van der Waals surface area contributed by atoms with Crippen molar-refractivity contribution in [3.63, 3.8) is 0 Å². The fraction of sp³-hybridized carbons (Fsp3) is 0.0769. The minimum atomic E-state index is -4.28. The Morgan fingerprint density at radius 1 is 0.789 bits per heavy atom. The predicted octanol–water partition coefficient (Wildman–Crippen LogP) is 3.97. The quantitative estimate of drug-likeness (QED) is 0.872. The first-order valence-corrected chi connectivity index (χ1v) is 7.61. The summed E-state index contributed by atoms with van der Waals surface area (Å²) in [5.74, 6) is 0. The maximum atomic E-state index is 11.6. The van der Waals surface area contributed by atoms with Gasteiger partial charge in [0, 0.05) is 10.0 Å². The van der Waals surface area contributed by atoms with E-state index in [4.69, 9.17) is 23.2 Å². The average molecular weight is 317 g/mol. The fourth-order valence-corrected chi connectivity index (χ4v) is 3.07. The van der Waals surface area contributed by atoms with Gasteiger partial charge in [0.1, 0.15) is 5.25 Å². The van der Waals surface area contributed by atoms with Crippen LogP contribution in [0.2, 0.25) is 10.0 Å². The lowest BCUT2D eigenvalue weighted by Crippen LogP contribution is -2.13. The van der Waals surface area contributed by atoms with Crippen molar-refractivity contribution in [2.75, 3.05) is 0 Å². The molecular weight excluding hydrogens is 307 g/mol. The summed E-state index contributed by atoms with van der Waals surface area (Å²) < 4.78 is 32.6. The Balaban J connectivity index is 2.54. The maximum Gasteiger partial charge on any atom is 0.276 e. The third kappa shape index (κ3) is 3.48. The molecule has 2 aromatic rings. The molecule has 0 aliphatic carbocycles. The second-order valence-electron chi connectivity index (χ2n) is 4.00.